The number of hydrogen-bond donors (Lipinski definition) is 3. The summed E-state index contributed by atoms with van der Waals surface area (Å²) in [6.07, 6.45) is 1.80. The molecule has 3 fully saturated rings. The van der Waals surface area contributed by atoms with Crippen LogP contribution in [0.5, 0.6) is 0 Å². The summed E-state index contributed by atoms with van der Waals surface area (Å²) in [6.45, 7) is 19.7. The molecular formula is C54H86FN6O12PS. The molecule has 2 aromatic heterocycles. The number of rotatable bonds is 19. The number of pyridine rings is 1. The Morgan fingerprint density at radius 1 is 1.03 bits per heavy atom. The van der Waals surface area contributed by atoms with E-state index in [2.05, 4.69) is 15.1 Å². The van der Waals surface area contributed by atoms with Crippen molar-refractivity contribution in [1.82, 2.24) is 14.9 Å². The molecule has 3 N–H and O–H groups in total. The van der Waals surface area contributed by atoms with Crippen molar-refractivity contribution in [3.05, 3.63) is 29.4 Å². The predicted octanol–water partition coefficient (Wildman–Crippen LogP) is 10.3. The number of alkyl halides is 1. The second-order valence-corrected chi connectivity index (χ2v) is 24.4. The van der Waals surface area contributed by atoms with E-state index in [1.54, 1.807) is 38.4 Å². The number of Topliss-reactive ketones (excluding diaryl/α,β-unsaturated/α-hetero) is 1. The largest absolute Gasteiger partial charge is 0.457 e. The number of unbranched alkanes of at least 4 members (excludes halogenated alkanes) is 2. The summed E-state index contributed by atoms with van der Waals surface area (Å²) in [5, 5.41) is 34.5. The van der Waals surface area contributed by atoms with Crippen molar-refractivity contribution < 1.29 is 61.6 Å². The number of oxime groups is 1. The Kier molecular flexibility index (Phi) is 22.7. The summed E-state index contributed by atoms with van der Waals surface area (Å²) in [5.41, 5.74) is -3.61. The molecule has 21 heteroatoms. The number of ketones is 1. The van der Waals surface area contributed by atoms with Crippen molar-refractivity contribution in [2.45, 2.75) is 208 Å². The number of hydrogen-bond acceptors (Lipinski definition) is 17. The zero-order valence-electron chi connectivity index (χ0n) is 46.6. The van der Waals surface area contributed by atoms with Crippen LogP contribution in [0.3, 0.4) is 0 Å². The molecule has 2 aliphatic heterocycles. The van der Waals surface area contributed by atoms with Crippen LogP contribution in [-0.4, -0.2) is 129 Å². The van der Waals surface area contributed by atoms with Crippen molar-refractivity contribution in [2.75, 3.05) is 32.4 Å². The second-order valence-electron chi connectivity index (χ2n) is 21.8. The van der Waals surface area contributed by atoms with Gasteiger partial charge in [-0.25, -0.2) is 23.7 Å². The van der Waals surface area contributed by atoms with Crippen molar-refractivity contribution in [3.8, 4) is 10.6 Å². The van der Waals surface area contributed by atoms with Gasteiger partial charge in [0.1, 0.15) is 28.6 Å². The molecule has 13 atom stereocenters. The number of aliphatic hydroxyl groups excluding tert-OH is 1. The molecule has 75 heavy (non-hydrogen) atoms. The Hall–Kier alpha value is -3.59. The number of fused-ring (bicyclic) bond motifs is 5. The molecule has 5 rings (SSSR count). The Labute approximate surface area is 448 Å². The summed E-state index contributed by atoms with van der Waals surface area (Å²) < 4.78 is 61.2. The van der Waals surface area contributed by atoms with Crippen LogP contribution in [0.1, 0.15) is 159 Å². The van der Waals surface area contributed by atoms with Gasteiger partial charge in [-0.15, -0.1) is 11.3 Å². The van der Waals surface area contributed by atoms with Gasteiger partial charge in [-0.05, 0) is 122 Å². The minimum Gasteiger partial charge on any atom is -0.457 e. The Morgan fingerprint density at radius 3 is 2.31 bits per heavy atom. The topological polar surface area (TPSA) is 230 Å². The first kappa shape index (κ1) is 62.3. The number of halogens is 1. The van der Waals surface area contributed by atoms with Gasteiger partial charge in [-0.3, -0.25) is 28.7 Å². The van der Waals surface area contributed by atoms with E-state index in [9.17, 15) is 29.2 Å². The maximum absolute atomic E-state index is 17.1. The first-order valence-electron chi connectivity index (χ1n) is 27.0. The number of carbonyl (C=O) groups excluding carboxylic acids is 3. The van der Waals surface area contributed by atoms with Gasteiger partial charge in [0.05, 0.1) is 36.8 Å². The molecule has 2 saturated heterocycles. The minimum absolute atomic E-state index is 0.00797. The van der Waals surface area contributed by atoms with Gasteiger partial charge in [0.25, 0.3) is 5.67 Å². The maximum Gasteiger partial charge on any atom is 0.433 e. The van der Waals surface area contributed by atoms with Crippen LogP contribution in [0, 0.1) is 29.1 Å². The minimum atomic E-state index is -3.65. The second kappa shape index (κ2) is 27.3. The van der Waals surface area contributed by atoms with Crippen molar-refractivity contribution >= 4 is 54.0 Å². The first-order valence-corrected chi connectivity index (χ1v) is 29.5. The quantitative estimate of drug-likeness (QED) is 0.0390. The number of aliphatic imine (C=N–C) groups is 1. The fourth-order valence-electron chi connectivity index (χ4n) is 10.9. The highest BCUT2D eigenvalue weighted by Crippen LogP contribution is 2.50. The van der Waals surface area contributed by atoms with E-state index in [4.69, 9.17) is 38.2 Å². The predicted molar refractivity (Wildman–Crippen MR) is 288 cm³/mol. The Morgan fingerprint density at radius 2 is 1.71 bits per heavy atom. The third kappa shape index (κ3) is 15.8. The Bertz CT molecular complexity index is 2300. The number of nitrogens with zero attached hydrogens (tertiary/aromatic N) is 5. The van der Waals surface area contributed by atoms with E-state index < -0.39 is 84.5 Å². The van der Waals surface area contributed by atoms with Gasteiger partial charge >= 0.3 is 13.7 Å². The molecule has 2 aromatic rings. The lowest BCUT2D eigenvalue weighted by molar-refractivity contribution is -0.287. The van der Waals surface area contributed by atoms with Gasteiger partial charge < -0.3 is 34.2 Å². The number of aliphatic hydroxyl groups is 2. The summed E-state index contributed by atoms with van der Waals surface area (Å²) in [4.78, 5) is 64.1. The van der Waals surface area contributed by atoms with E-state index >= 15 is 4.39 Å². The Balaban J connectivity index is 1.54. The lowest BCUT2D eigenvalue weighted by Gasteiger charge is -2.48. The summed E-state index contributed by atoms with van der Waals surface area (Å²) in [7, 11) is 0.0486. The van der Waals surface area contributed by atoms with Crippen LogP contribution < -0.4 is 5.09 Å². The highest BCUT2D eigenvalue weighted by molar-refractivity contribution is 7.55. The molecule has 3 aliphatic rings. The fraction of sp³-hybridized carbons (Fsp3) is 0.759. The van der Waals surface area contributed by atoms with E-state index in [1.165, 1.54) is 18.3 Å². The number of likely N-dealkylation sites (N-methyl/N-ethyl adjacent to an activating group) is 1. The molecule has 2 bridgehead atoms. The fourth-order valence-corrected chi connectivity index (χ4v) is 13.1. The summed E-state index contributed by atoms with van der Waals surface area (Å²) >= 11 is 1.35. The van der Waals surface area contributed by atoms with Crippen LogP contribution in [0.25, 0.3) is 10.6 Å². The third-order valence-corrected chi connectivity index (χ3v) is 17.8. The normalized spacial score (nSPS) is 33.7. The molecule has 1 aliphatic carbocycles. The zero-order valence-corrected chi connectivity index (χ0v) is 48.3. The molecule has 0 unspecified atom stereocenters. The smallest absolute Gasteiger partial charge is 0.433 e. The number of amides is 1. The summed E-state index contributed by atoms with van der Waals surface area (Å²) in [5.74, 6) is -5.59. The van der Waals surface area contributed by atoms with Gasteiger partial charge in [0, 0.05) is 47.2 Å². The molecule has 1 amide bonds. The molecule has 0 aromatic carbocycles. The van der Waals surface area contributed by atoms with E-state index in [0.717, 1.165) is 38.2 Å². The lowest BCUT2D eigenvalue weighted by atomic mass is 9.65. The molecular weight excluding hydrogens is 1010 g/mol. The zero-order chi connectivity index (χ0) is 55.5. The SMILES string of the molecule is CCCCOP(=O)(Nc1csc(-c2ccc(CO/N=C3\CC[C@@H]4[C@@H](C)/C(=N/C(=O)CC)[C@H](C)C[C@@](C)(CC3)[C@H](O[C@@H]3O[C@H](C)C[C@H](N(C)C)[C@H]3O)[C@@H](C)C(=O)[C@](C)(F)C(=O)O[C@H](CC)[C@@]4(C)O)nc2)n1)OCCCC. The number of aromatic nitrogens is 2. The van der Waals surface area contributed by atoms with Crippen LogP contribution >= 0.6 is 19.1 Å². The number of nitrogens with one attached hydrogen (secondary N) is 1. The summed E-state index contributed by atoms with van der Waals surface area (Å²) in [6, 6.07) is 3.28. The molecule has 1 saturated carbocycles. The number of esters is 1. The molecule has 18 nitrogen and oxygen atoms in total. The van der Waals surface area contributed by atoms with Crippen molar-refractivity contribution in [1.29, 1.82) is 0 Å². The number of carbonyl (C=O) groups is 3. The lowest BCUT2D eigenvalue weighted by Crippen LogP contribution is -2.59. The van der Waals surface area contributed by atoms with Crippen LogP contribution in [0.2, 0.25) is 0 Å². The average Bonchev–Trinajstić information content (AvgIpc) is 3.82. The van der Waals surface area contributed by atoms with Crippen LogP contribution in [0.15, 0.2) is 33.9 Å². The number of ether oxygens (including phenoxy) is 3. The van der Waals surface area contributed by atoms with E-state index in [1.807, 2.05) is 66.6 Å². The third-order valence-electron chi connectivity index (χ3n) is 15.4. The van der Waals surface area contributed by atoms with Crippen LogP contribution in [-0.2, 0) is 53.7 Å². The van der Waals surface area contributed by atoms with E-state index in [0.29, 0.717) is 40.8 Å². The van der Waals surface area contributed by atoms with Gasteiger partial charge in [0.15, 0.2) is 18.7 Å². The standard InChI is InChI=1S/C54H86FN6O12PS/c1-14-18-26-69-74(67,70-27-19-15-2)60-43-32-75-49(57-43)37-20-21-39(56-30-37)31-68-59-38-22-23-40-35(7)45(58-44(62)17-4)33(5)29-52(9,25-24-38)48(73-50-46(63)41(61(12)13)28-34(6)71-50)36(8)47(64)53(10,55)51(65)72-42(16-3)54(40,11)66/h20-21,30,32-36,40-42,46,48,50,63,66H,14-19,22-29,31H2,1-13H3,(H,60,67)/b58-45+,59-38+/t33-,34-,35-,36+,40-,41+,42-,46-,48-,50+,52-,53+,54+/m1/s1. The average molecular weight is 1090 g/mol. The molecule has 4 heterocycles. The van der Waals surface area contributed by atoms with Crippen LogP contribution in [0.4, 0.5) is 10.2 Å². The number of anilines is 1. The first-order chi connectivity index (χ1) is 35.3. The highest BCUT2D eigenvalue weighted by atomic mass is 32.1. The monoisotopic (exact) mass is 1090 g/mol. The van der Waals surface area contributed by atoms with Crippen molar-refractivity contribution in [2.24, 2.45) is 39.2 Å². The molecule has 0 spiro atoms. The van der Waals surface area contributed by atoms with Gasteiger partial charge in [-0.1, -0.05) is 73.4 Å². The van der Waals surface area contributed by atoms with Gasteiger partial charge in [-0.2, -0.15) is 0 Å². The molecule has 422 valence electrons. The molecule has 0 radical (unpaired) electrons. The van der Waals surface area contributed by atoms with Gasteiger partial charge in [0.2, 0.25) is 5.91 Å². The van der Waals surface area contributed by atoms with E-state index in [-0.39, 0.29) is 76.4 Å². The maximum atomic E-state index is 17.1. The highest BCUT2D eigenvalue weighted by Gasteiger charge is 2.56. The number of cyclic esters (lactones) is 1. The number of thiazole rings is 1. The van der Waals surface area contributed by atoms with Crippen molar-refractivity contribution in [3.63, 3.8) is 0 Å².